The molecule has 2 aromatic rings. The first-order chi connectivity index (χ1) is 13.4. The molecule has 0 saturated carbocycles. The highest BCUT2D eigenvalue weighted by Gasteiger charge is 2.23. The van der Waals surface area contributed by atoms with Gasteiger partial charge in [-0.3, -0.25) is 9.59 Å². The molecule has 1 fully saturated rings. The fourth-order valence-corrected chi connectivity index (χ4v) is 3.36. The van der Waals surface area contributed by atoms with Gasteiger partial charge in [-0.05, 0) is 59.8 Å². The van der Waals surface area contributed by atoms with Gasteiger partial charge in [0.1, 0.15) is 11.5 Å². The van der Waals surface area contributed by atoms with Crippen LogP contribution in [0.5, 0.6) is 11.5 Å². The number of amides is 2. The third-order valence-corrected chi connectivity index (χ3v) is 4.78. The van der Waals surface area contributed by atoms with Crippen LogP contribution in [0.4, 0.5) is 5.69 Å². The molecule has 2 amide bonds. The molecule has 2 aromatic carbocycles. The number of amidine groups is 1. The lowest BCUT2D eigenvalue weighted by Crippen LogP contribution is -2.20. The van der Waals surface area contributed by atoms with Gasteiger partial charge in [0, 0.05) is 0 Å². The Kier molecular flexibility index (Phi) is 6.23. The number of methoxy groups -OCH3 is 1. The maximum absolute atomic E-state index is 12.2. The Morgan fingerprint density at radius 2 is 2.04 bits per heavy atom. The van der Waals surface area contributed by atoms with Crippen LogP contribution in [-0.2, 0) is 9.59 Å². The van der Waals surface area contributed by atoms with Gasteiger partial charge >= 0.3 is 0 Å². The molecular formula is C19H16ClN3O4S. The van der Waals surface area contributed by atoms with Crippen molar-refractivity contribution in [2.75, 3.05) is 13.7 Å². The Morgan fingerprint density at radius 1 is 1.29 bits per heavy atom. The standard InChI is InChI=1S/C19H16ClN3O4S/c1-26-13-5-3-12(4-6-13)22-19-23-18(25)16(28-19)9-11-2-7-15(14(20)8-11)27-10-17(21)24/h2-9H,10H2,1H3,(H2,21,24)(H,22,23,25). The van der Waals surface area contributed by atoms with Gasteiger partial charge in [-0.2, -0.15) is 0 Å². The van der Waals surface area contributed by atoms with Crippen LogP contribution < -0.4 is 20.5 Å². The van der Waals surface area contributed by atoms with E-state index in [4.69, 9.17) is 26.8 Å². The molecule has 0 atom stereocenters. The summed E-state index contributed by atoms with van der Waals surface area (Å²) in [6.45, 7) is -0.260. The van der Waals surface area contributed by atoms with Gasteiger partial charge in [0.15, 0.2) is 11.8 Å². The Balaban J connectivity index is 1.73. The molecule has 0 aromatic heterocycles. The molecule has 0 unspecified atom stereocenters. The zero-order valence-corrected chi connectivity index (χ0v) is 16.3. The maximum Gasteiger partial charge on any atom is 0.264 e. The molecule has 0 radical (unpaired) electrons. The first-order valence-corrected chi connectivity index (χ1v) is 9.28. The normalized spacial score (nSPS) is 16.3. The number of nitrogens with zero attached hydrogens (tertiary/aromatic N) is 1. The number of rotatable bonds is 6. The van der Waals surface area contributed by atoms with E-state index >= 15 is 0 Å². The predicted octanol–water partition coefficient (Wildman–Crippen LogP) is 3.10. The van der Waals surface area contributed by atoms with E-state index in [0.717, 1.165) is 5.75 Å². The van der Waals surface area contributed by atoms with Crippen LogP contribution in [0.2, 0.25) is 5.02 Å². The summed E-state index contributed by atoms with van der Waals surface area (Å²) in [5.74, 6) is 0.230. The first-order valence-electron chi connectivity index (χ1n) is 8.09. The number of hydrogen-bond donors (Lipinski definition) is 2. The van der Waals surface area contributed by atoms with Gasteiger partial charge < -0.3 is 20.5 Å². The molecule has 1 aliphatic heterocycles. The average molecular weight is 418 g/mol. The molecule has 0 bridgehead atoms. The summed E-state index contributed by atoms with van der Waals surface area (Å²) in [5.41, 5.74) is 6.45. The van der Waals surface area contributed by atoms with Crippen molar-refractivity contribution in [3.8, 4) is 11.5 Å². The minimum absolute atomic E-state index is 0.248. The van der Waals surface area contributed by atoms with Gasteiger partial charge in [0.05, 0.1) is 22.7 Å². The summed E-state index contributed by atoms with van der Waals surface area (Å²) in [4.78, 5) is 27.9. The van der Waals surface area contributed by atoms with Crippen LogP contribution in [0.3, 0.4) is 0 Å². The topological polar surface area (TPSA) is 103 Å². The number of nitrogens with two attached hydrogens (primary N) is 1. The highest BCUT2D eigenvalue weighted by atomic mass is 35.5. The van der Waals surface area contributed by atoms with E-state index in [-0.39, 0.29) is 12.5 Å². The number of primary amides is 1. The number of aliphatic imine (C=N–C) groups is 1. The summed E-state index contributed by atoms with van der Waals surface area (Å²) in [6.07, 6.45) is 1.69. The van der Waals surface area contributed by atoms with Crippen LogP contribution in [0.1, 0.15) is 5.56 Å². The van der Waals surface area contributed by atoms with Crippen molar-refractivity contribution >= 4 is 52.1 Å². The Hall–Kier alpha value is -2.97. The van der Waals surface area contributed by atoms with Gasteiger partial charge in [-0.1, -0.05) is 17.7 Å². The number of thioether (sulfide) groups is 1. The fraction of sp³-hybridized carbons (Fsp3) is 0.105. The summed E-state index contributed by atoms with van der Waals surface area (Å²) in [7, 11) is 1.59. The monoisotopic (exact) mass is 417 g/mol. The molecule has 1 saturated heterocycles. The lowest BCUT2D eigenvalue weighted by Gasteiger charge is -2.06. The van der Waals surface area contributed by atoms with Crippen molar-refractivity contribution in [2.45, 2.75) is 0 Å². The number of ether oxygens (including phenoxy) is 2. The van der Waals surface area contributed by atoms with Crippen LogP contribution in [0, 0.1) is 0 Å². The maximum atomic E-state index is 12.2. The van der Waals surface area contributed by atoms with Crippen LogP contribution in [-0.4, -0.2) is 30.7 Å². The number of carbonyl (C=O) groups is 2. The van der Waals surface area contributed by atoms with Gasteiger partial charge in [-0.25, -0.2) is 4.99 Å². The number of benzene rings is 2. The Bertz CT molecular complexity index is 974. The van der Waals surface area contributed by atoms with Crippen LogP contribution in [0.25, 0.3) is 6.08 Å². The predicted molar refractivity (Wildman–Crippen MR) is 110 cm³/mol. The molecule has 1 heterocycles. The lowest BCUT2D eigenvalue weighted by molar-refractivity contribution is -0.120. The second kappa shape index (κ2) is 8.81. The van der Waals surface area contributed by atoms with Gasteiger partial charge in [-0.15, -0.1) is 0 Å². The Morgan fingerprint density at radius 3 is 2.68 bits per heavy atom. The molecule has 1 aliphatic rings. The molecule has 28 heavy (non-hydrogen) atoms. The largest absolute Gasteiger partial charge is 0.497 e. The minimum atomic E-state index is -0.593. The number of hydrogen-bond acceptors (Lipinski definition) is 6. The van der Waals surface area contributed by atoms with E-state index < -0.39 is 5.91 Å². The zero-order chi connectivity index (χ0) is 20.1. The van der Waals surface area contributed by atoms with Crippen molar-refractivity contribution in [2.24, 2.45) is 10.7 Å². The highest BCUT2D eigenvalue weighted by molar-refractivity contribution is 8.18. The average Bonchev–Trinajstić information content (AvgIpc) is 3.00. The molecule has 3 rings (SSSR count). The molecular weight excluding hydrogens is 402 g/mol. The van der Waals surface area contributed by atoms with Crippen molar-refractivity contribution in [3.05, 3.63) is 58.0 Å². The smallest absolute Gasteiger partial charge is 0.264 e. The van der Waals surface area contributed by atoms with E-state index in [1.54, 1.807) is 55.7 Å². The van der Waals surface area contributed by atoms with Crippen LogP contribution >= 0.6 is 23.4 Å². The molecule has 3 N–H and O–H groups in total. The number of carbonyl (C=O) groups excluding carboxylic acids is 2. The van der Waals surface area contributed by atoms with Crippen molar-refractivity contribution in [1.82, 2.24) is 5.32 Å². The van der Waals surface area contributed by atoms with Crippen LogP contribution in [0.15, 0.2) is 52.4 Å². The lowest BCUT2D eigenvalue weighted by atomic mass is 10.2. The summed E-state index contributed by atoms with van der Waals surface area (Å²) in [6, 6.07) is 12.2. The molecule has 0 spiro atoms. The Labute approximate surface area is 170 Å². The molecule has 144 valence electrons. The second-order valence-corrected chi connectivity index (χ2v) is 7.06. The van der Waals surface area contributed by atoms with Crippen molar-refractivity contribution in [3.63, 3.8) is 0 Å². The number of nitrogens with one attached hydrogen (secondary N) is 1. The molecule has 9 heteroatoms. The van der Waals surface area contributed by atoms with E-state index in [0.29, 0.717) is 32.1 Å². The quantitative estimate of drug-likeness (QED) is 0.703. The summed E-state index contributed by atoms with van der Waals surface area (Å²) in [5, 5.41) is 3.52. The van der Waals surface area contributed by atoms with E-state index in [2.05, 4.69) is 10.3 Å². The van der Waals surface area contributed by atoms with E-state index in [1.807, 2.05) is 0 Å². The van der Waals surface area contributed by atoms with E-state index in [9.17, 15) is 9.59 Å². The zero-order valence-electron chi connectivity index (χ0n) is 14.8. The number of halogens is 1. The molecule has 0 aliphatic carbocycles. The first kappa shape index (κ1) is 19.8. The second-order valence-electron chi connectivity index (χ2n) is 5.62. The summed E-state index contributed by atoms with van der Waals surface area (Å²) >= 11 is 7.37. The third-order valence-electron chi connectivity index (χ3n) is 3.58. The van der Waals surface area contributed by atoms with Gasteiger partial charge in [0.2, 0.25) is 0 Å². The third kappa shape index (κ3) is 5.05. The van der Waals surface area contributed by atoms with Crippen molar-refractivity contribution in [1.29, 1.82) is 0 Å². The fourth-order valence-electron chi connectivity index (χ4n) is 2.28. The molecule has 7 nitrogen and oxygen atoms in total. The van der Waals surface area contributed by atoms with Crippen molar-refractivity contribution < 1.29 is 19.1 Å². The highest BCUT2D eigenvalue weighted by Crippen LogP contribution is 2.31. The van der Waals surface area contributed by atoms with Gasteiger partial charge in [0.25, 0.3) is 11.8 Å². The van der Waals surface area contributed by atoms with E-state index in [1.165, 1.54) is 11.8 Å². The summed E-state index contributed by atoms with van der Waals surface area (Å²) < 4.78 is 10.3. The minimum Gasteiger partial charge on any atom is -0.497 e. The SMILES string of the molecule is COc1ccc(N=C2NC(=O)C(=Cc3ccc(OCC(N)=O)c(Cl)c3)S2)cc1.